The van der Waals surface area contributed by atoms with E-state index in [1.165, 1.54) is 23.1 Å². The molecule has 0 aliphatic carbocycles. The van der Waals surface area contributed by atoms with Crippen LogP contribution in [-0.4, -0.2) is 33.7 Å². The molecule has 2 aromatic heterocycles. The number of nitrogens with one attached hydrogen (secondary N) is 2. The van der Waals surface area contributed by atoms with Crippen LogP contribution in [0.4, 0.5) is 5.69 Å². The molecule has 1 amide bonds. The quantitative estimate of drug-likeness (QED) is 0.182. The Morgan fingerprint density at radius 3 is 2.63 bits per heavy atom. The number of H-pyrrole nitrogens is 1. The van der Waals surface area contributed by atoms with Gasteiger partial charge in [0.2, 0.25) is 5.91 Å². The van der Waals surface area contributed by atoms with Gasteiger partial charge < -0.3 is 15.0 Å². The van der Waals surface area contributed by atoms with Crippen molar-refractivity contribution in [1.82, 2.24) is 9.97 Å². The van der Waals surface area contributed by atoms with Gasteiger partial charge in [-0.25, -0.2) is 9.78 Å². The van der Waals surface area contributed by atoms with E-state index in [2.05, 4.69) is 15.3 Å². The molecule has 0 aliphatic rings. The van der Waals surface area contributed by atoms with E-state index in [-0.39, 0.29) is 18.1 Å². The van der Waals surface area contributed by atoms with Crippen LogP contribution in [-0.2, 0) is 9.53 Å². The Hall–Kier alpha value is -3.43. The van der Waals surface area contributed by atoms with Gasteiger partial charge >= 0.3 is 5.97 Å². The smallest absolute Gasteiger partial charge is 0.338 e. The van der Waals surface area contributed by atoms with E-state index < -0.39 is 11.2 Å². The number of esters is 1. The fraction of sp³-hybridized carbons (Fsp3) is 0.231. The fourth-order valence-corrected chi connectivity index (χ4v) is 5.73. The summed E-state index contributed by atoms with van der Waals surface area (Å²) in [5.74, 6) is -0.685. The van der Waals surface area contributed by atoms with Crippen molar-refractivity contribution in [2.75, 3.05) is 11.9 Å². The van der Waals surface area contributed by atoms with Gasteiger partial charge in [-0.05, 0) is 44.0 Å². The Kier molecular flexibility index (Phi) is 7.67. The van der Waals surface area contributed by atoms with Crippen molar-refractivity contribution >= 4 is 50.9 Å². The van der Waals surface area contributed by atoms with Crippen LogP contribution >= 0.6 is 23.1 Å². The van der Waals surface area contributed by atoms with Crippen LogP contribution in [0.2, 0.25) is 0 Å². The molecule has 2 N–H and O–H groups in total. The third-order valence-electron chi connectivity index (χ3n) is 5.34. The molecule has 1 atom stereocenters. The van der Waals surface area contributed by atoms with Crippen LogP contribution in [0.1, 0.15) is 35.5 Å². The maximum atomic E-state index is 13.0. The van der Waals surface area contributed by atoms with E-state index in [0.717, 1.165) is 16.0 Å². The van der Waals surface area contributed by atoms with Gasteiger partial charge in [0.25, 0.3) is 5.56 Å². The second-order valence-corrected chi connectivity index (χ2v) is 10.2. The summed E-state index contributed by atoms with van der Waals surface area (Å²) in [6.45, 7) is 5.89. The number of hydrogen-bond donors (Lipinski definition) is 2. The van der Waals surface area contributed by atoms with Gasteiger partial charge in [0.15, 0.2) is 5.16 Å². The molecule has 35 heavy (non-hydrogen) atoms. The Morgan fingerprint density at radius 1 is 1.14 bits per heavy atom. The lowest BCUT2D eigenvalue weighted by molar-refractivity contribution is -0.115. The zero-order valence-corrected chi connectivity index (χ0v) is 21.2. The van der Waals surface area contributed by atoms with Gasteiger partial charge in [-0.1, -0.05) is 55.1 Å². The Balaban J connectivity index is 1.56. The molecule has 0 bridgehead atoms. The number of hydrogen-bond acceptors (Lipinski definition) is 7. The highest BCUT2D eigenvalue weighted by Crippen LogP contribution is 2.36. The highest BCUT2D eigenvalue weighted by molar-refractivity contribution is 8.00. The first-order chi connectivity index (χ1) is 16.9. The van der Waals surface area contributed by atoms with Crippen molar-refractivity contribution in [2.45, 2.75) is 37.6 Å². The van der Waals surface area contributed by atoms with Crippen molar-refractivity contribution < 1.29 is 14.3 Å². The van der Waals surface area contributed by atoms with E-state index in [9.17, 15) is 14.4 Å². The molecule has 0 saturated heterocycles. The van der Waals surface area contributed by atoms with E-state index in [1.54, 1.807) is 31.2 Å². The molecule has 9 heteroatoms. The SMILES string of the molecule is CCOC(=O)c1cccc(NC(=O)C(CC)Sc2nc3sc(C)c(-c4ccccc4)c3c(=O)[nH]2)c1. The maximum Gasteiger partial charge on any atom is 0.338 e. The van der Waals surface area contributed by atoms with Crippen LogP contribution in [0.3, 0.4) is 0 Å². The minimum Gasteiger partial charge on any atom is -0.462 e. The summed E-state index contributed by atoms with van der Waals surface area (Å²) in [7, 11) is 0. The van der Waals surface area contributed by atoms with Crippen LogP contribution < -0.4 is 10.9 Å². The number of aromatic nitrogens is 2. The van der Waals surface area contributed by atoms with Crippen LogP contribution in [0.5, 0.6) is 0 Å². The van der Waals surface area contributed by atoms with E-state index >= 15 is 0 Å². The summed E-state index contributed by atoms with van der Waals surface area (Å²) < 4.78 is 5.02. The van der Waals surface area contributed by atoms with Crippen molar-refractivity contribution in [3.8, 4) is 11.1 Å². The lowest BCUT2D eigenvalue weighted by Gasteiger charge is -2.14. The summed E-state index contributed by atoms with van der Waals surface area (Å²) in [6, 6.07) is 16.4. The second kappa shape index (κ2) is 10.9. The average molecular weight is 508 g/mol. The molecular formula is C26H25N3O4S2. The molecule has 0 saturated carbocycles. The number of thiophene rings is 1. The van der Waals surface area contributed by atoms with Crippen LogP contribution in [0, 0.1) is 6.92 Å². The predicted octanol–water partition coefficient (Wildman–Crippen LogP) is 5.65. The molecule has 2 aromatic carbocycles. The summed E-state index contributed by atoms with van der Waals surface area (Å²) in [4.78, 5) is 47.2. The minimum absolute atomic E-state index is 0.224. The maximum absolute atomic E-state index is 13.0. The second-order valence-electron chi connectivity index (χ2n) is 7.76. The molecule has 4 rings (SSSR count). The standard InChI is InChI=1S/C26H25N3O4S2/c1-4-19(22(30)27-18-13-9-12-17(14-18)25(32)33-5-2)35-26-28-23(31)21-20(15(3)34-24(21)29-26)16-10-7-6-8-11-16/h6-14,19H,4-5H2,1-3H3,(H,27,30)(H,28,29,31). The number of carbonyl (C=O) groups excluding carboxylic acids is 2. The van der Waals surface area contributed by atoms with E-state index in [1.807, 2.05) is 44.2 Å². The number of carbonyl (C=O) groups is 2. The van der Waals surface area contributed by atoms with Gasteiger partial charge in [-0.15, -0.1) is 11.3 Å². The van der Waals surface area contributed by atoms with Gasteiger partial charge in [0, 0.05) is 16.1 Å². The number of aryl methyl sites for hydroxylation is 1. The number of rotatable bonds is 8. The zero-order valence-electron chi connectivity index (χ0n) is 19.6. The monoisotopic (exact) mass is 507 g/mol. The Labute approximate surface area is 210 Å². The lowest BCUT2D eigenvalue weighted by Crippen LogP contribution is -2.25. The Morgan fingerprint density at radius 2 is 1.91 bits per heavy atom. The number of anilines is 1. The minimum atomic E-state index is -0.489. The van der Waals surface area contributed by atoms with Crippen molar-refractivity contribution in [1.29, 1.82) is 0 Å². The number of aromatic amines is 1. The lowest BCUT2D eigenvalue weighted by atomic mass is 10.0. The molecule has 0 spiro atoms. The first-order valence-electron chi connectivity index (χ1n) is 11.2. The predicted molar refractivity (Wildman–Crippen MR) is 141 cm³/mol. The topological polar surface area (TPSA) is 101 Å². The van der Waals surface area contributed by atoms with Crippen molar-refractivity contribution in [2.24, 2.45) is 0 Å². The van der Waals surface area contributed by atoms with E-state index in [4.69, 9.17) is 4.74 Å². The van der Waals surface area contributed by atoms with Gasteiger partial charge in [-0.3, -0.25) is 9.59 Å². The van der Waals surface area contributed by atoms with Crippen LogP contribution in [0.15, 0.2) is 64.5 Å². The molecule has 0 fully saturated rings. The summed E-state index contributed by atoms with van der Waals surface area (Å²) in [5, 5.41) is 3.32. The molecule has 0 aliphatic heterocycles. The summed E-state index contributed by atoms with van der Waals surface area (Å²) >= 11 is 2.68. The summed E-state index contributed by atoms with van der Waals surface area (Å²) in [6.07, 6.45) is 0.522. The van der Waals surface area contributed by atoms with Gasteiger partial charge in [0.1, 0.15) is 4.83 Å². The molecule has 1 unspecified atom stereocenters. The van der Waals surface area contributed by atoms with Crippen molar-refractivity contribution in [3.63, 3.8) is 0 Å². The van der Waals surface area contributed by atoms with E-state index in [0.29, 0.717) is 33.0 Å². The highest BCUT2D eigenvalue weighted by Gasteiger charge is 2.22. The summed E-state index contributed by atoms with van der Waals surface area (Å²) in [5.41, 5.74) is 2.50. The number of ether oxygens (including phenoxy) is 1. The van der Waals surface area contributed by atoms with Crippen LogP contribution in [0.25, 0.3) is 21.3 Å². The largest absolute Gasteiger partial charge is 0.462 e. The first kappa shape index (κ1) is 24.7. The molecule has 7 nitrogen and oxygen atoms in total. The fourth-order valence-electron chi connectivity index (χ4n) is 3.73. The number of thioether (sulfide) groups is 1. The first-order valence-corrected chi connectivity index (χ1v) is 12.9. The molecule has 0 radical (unpaired) electrons. The molecule has 2 heterocycles. The number of fused-ring (bicyclic) bond motifs is 1. The number of nitrogens with zero attached hydrogens (tertiary/aromatic N) is 1. The molecule has 4 aromatic rings. The number of amides is 1. The normalized spacial score (nSPS) is 11.9. The zero-order chi connectivity index (χ0) is 24.9. The third-order valence-corrected chi connectivity index (χ3v) is 7.58. The third kappa shape index (κ3) is 5.47. The molecular weight excluding hydrogens is 482 g/mol. The molecule has 180 valence electrons. The average Bonchev–Trinajstić information content (AvgIpc) is 3.19. The van der Waals surface area contributed by atoms with Crippen molar-refractivity contribution in [3.05, 3.63) is 75.4 Å². The van der Waals surface area contributed by atoms with Gasteiger partial charge in [-0.2, -0.15) is 0 Å². The highest BCUT2D eigenvalue weighted by atomic mass is 32.2. The Bertz CT molecular complexity index is 1430. The number of benzene rings is 2. The van der Waals surface area contributed by atoms with Gasteiger partial charge in [0.05, 0.1) is 22.8 Å².